The molecule has 27 heavy (non-hydrogen) atoms. The highest BCUT2D eigenvalue weighted by Crippen LogP contribution is 2.02. The van der Waals surface area contributed by atoms with Crippen LogP contribution in [0.5, 0.6) is 0 Å². The summed E-state index contributed by atoms with van der Waals surface area (Å²) < 4.78 is 0. The molecule has 0 rings (SSSR count). The molecule has 7 N–H and O–H groups in total. The fourth-order valence-electron chi connectivity index (χ4n) is 1.83. The number of hydrogen-bond acceptors (Lipinski definition) is 7. The molecule has 0 saturated heterocycles. The number of rotatable bonds is 13. The van der Waals surface area contributed by atoms with Gasteiger partial charge in [-0.2, -0.15) is 11.8 Å². The molecule has 0 aromatic carbocycles. The summed E-state index contributed by atoms with van der Waals surface area (Å²) in [5.41, 5.74) is 5.52. The van der Waals surface area contributed by atoms with Crippen molar-refractivity contribution in [2.24, 2.45) is 5.73 Å². The highest BCUT2D eigenvalue weighted by Gasteiger charge is 2.24. The third-order valence-corrected chi connectivity index (χ3v) is 4.06. The van der Waals surface area contributed by atoms with Crippen molar-refractivity contribution in [3.8, 4) is 0 Å². The van der Waals surface area contributed by atoms with Gasteiger partial charge in [-0.15, -0.1) is 0 Å². The lowest BCUT2D eigenvalue weighted by Gasteiger charge is -2.20. The number of amides is 3. The summed E-state index contributed by atoms with van der Waals surface area (Å²) >= 11 is 1.45. The lowest BCUT2D eigenvalue weighted by Crippen LogP contribution is -2.53. The molecule has 0 aliphatic heterocycles. The van der Waals surface area contributed by atoms with Crippen LogP contribution in [0.3, 0.4) is 0 Å². The third kappa shape index (κ3) is 11.1. The van der Waals surface area contributed by atoms with Crippen LogP contribution in [0.25, 0.3) is 0 Å². The highest BCUT2D eigenvalue weighted by molar-refractivity contribution is 7.98. The first-order valence-electron chi connectivity index (χ1n) is 8.15. The van der Waals surface area contributed by atoms with E-state index in [9.17, 15) is 24.0 Å². The van der Waals surface area contributed by atoms with Crippen molar-refractivity contribution in [3.05, 3.63) is 0 Å². The van der Waals surface area contributed by atoms with E-state index in [1.807, 2.05) is 6.26 Å². The van der Waals surface area contributed by atoms with E-state index in [2.05, 4.69) is 16.0 Å². The number of carbonyl (C=O) groups is 5. The van der Waals surface area contributed by atoms with Crippen LogP contribution in [0, 0.1) is 0 Å². The van der Waals surface area contributed by atoms with Crippen LogP contribution in [0.15, 0.2) is 0 Å². The number of nitrogens with one attached hydrogen (secondary N) is 3. The number of aliphatic carboxylic acids is 2. The van der Waals surface area contributed by atoms with Gasteiger partial charge in [0, 0.05) is 6.42 Å². The SMILES string of the molecule is CSCCC(NC(=O)CNC(=O)C(N)CCC(=O)O)C(=O)NC(C)C(=O)O. The van der Waals surface area contributed by atoms with Gasteiger partial charge in [0.2, 0.25) is 17.7 Å². The number of thioether (sulfide) groups is 1. The van der Waals surface area contributed by atoms with Gasteiger partial charge in [0.1, 0.15) is 12.1 Å². The number of carbonyl (C=O) groups excluding carboxylic acids is 3. The van der Waals surface area contributed by atoms with Gasteiger partial charge in [0.15, 0.2) is 0 Å². The predicted molar refractivity (Wildman–Crippen MR) is 98.0 cm³/mol. The molecule has 0 saturated carbocycles. The summed E-state index contributed by atoms with van der Waals surface area (Å²) in [5.74, 6) is -3.73. The molecule has 0 radical (unpaired) electrons. The van der Waals surface area contributed by atoms with Crippen molar-refractivity contribution in [1.82, 2.24) is 16.0 Å². The molecule has 0 spiro atoms. The van der Waals surface area contributed by atoms with Crippen molar-refractivity contribution in [1.29, 1.82) is 0 Å². The van der Waals surface area contributed by atoms with Gasteiger partial charge in [0.05, 0.1) is 12.6 Å². The molecule has 3 amide bonds. The summed E-state index contributed by atoms with van der Waals surface area (Å²) in [6.45, 7) is 0.851. The average Bonchev–Trinajstić information content (AvgIpc) is 2.60. The average molecular weight is 406 g/mol. The molecular weight excluding hydrogens is 380 g/mol. The molecule has 0 aliphatic rings. The van der Waals surface area contributed by atoms with Crippen LogP contribution >= 0.6 is 11.8 Å². The fraction of sp³-hybridized carbons (Fsp3) is 0.667. The monoisotopic (exact) mass is 406 g/mol. The Hall–Kier alpha value is -2.34. The summed E-state index contributed by atoms with van der Waals surface area (Å²) in [5, 5.41) is 24.4. The van der Waals surface area contributed by atoms with E-state index < -0.39 is 54.3 Å². The molecule has 0 aromatic rings. The van der Waals surface area contributed by atoms with Crippen molar-refractivity contribution < 1.29 is 34.2 Å². The van der Waals surface area contributed by atoms with Crippen LogP contribution in [0.4, 0.5) is 0 Å². The van der Waals surface area contributed by atoms with Crippen molar-refractivity contribution in [3.63, 3.8) is 0 Å². The van der Waals surface area contributed by atoms with Crippen LogP contribution in [0.1, 0.15) is 26.2 Å². The molecule has 154 valence electrons. The van der Waals surface area contributed by atoms with Gasteiger partial charge in [0.25, 0.3) is 0 Å². The van der Waals surface area contributed by atoms with Crippen LogP contribution < -0.4 is 21.7 Å². The van der Waals surface area contributed by atoms with E-state index >= 15 is 0 Å². The molecular formula is C15H26N4O7S. The Kier molecular flexibility index (Phi) is 11.8. The molecule has 12 heteroatoms. The Labute approximate surface area is 160 Å². The third-order valence-electron chi connectivity index (χ3n) is 3.42. The minimum atomic E-state index is -1.21. The second kappa shape index (κ2) is 12.9. The lowest BCUT2D eigenvalue weighted by atomic mass is 10.1. The zero-order valence-corrected chi connectivity index (χ0v) is 16.0. The quantitative estimate of drug-likeness (QED) is 0.203. The van der Waals surface area contributed by atoms with Gasteiger partial charge < -0.3 is 31.9 Å². The van der Waals surface area contributed by atoms with Crippen molar-refractivity contribution in [2.45, 2.75) is 44.3 Å². The molecule has 0 bridgehead atoms. The number of nitrogens with two attached hydrogens (primary N) is 1. The van der Waals surface area contributed by atoms with Gasteiger partial charge in [-0.25, -0.2) is 0 Å². The van der Waals surface area contributed by atoms with E-state index in [4.69, 9.17) is 15.9 Å². The molecule has 3 unspecified atom stereocenters. The summed E-state index contributed by atoms with van der Waals surface area (Å²) in [4.78, 5) is 57.1. The first-order chi connectivity index (χ1) is 12.6. The maximum atomic E-state index is 12.1. The van der Waals surface area contributed by atoms with Crippen molar-refractivity contribution >= 4 is 41.4 Å². The summed E-state index contributed by atoms with van der Waals surface area (Å²) in [6, 6.07) is -3.14. The number of carboxylic acid groups (broad SMARTS) is 2. The Morgan fingerprint density at radius 2 is 1.67 bits per heavy atom. The fourth-order valence-corrected chi connectivity index (χ4v) is 2.31. The van der Waals surface area contributed by atoms with Crippen LogP contribution in [-0.4, -0.2) is 76.6 Å². The molecule has 11 nitrogen and oxygen atoms in total. The molecule has 0 heterocycles. The normalized spacial score (nSPS) is 13.7. The van der Waals surface area contributed by atoms with E-state index in [-0.39, 0.29) is 19.3 Å². The van der Waals surface area contributed by atoms with Gasteiger partial charge >= 0.3 is 11.9 Å². The highest BCUT2D eigenvalue weighted by atomic mass is 32.2. The topological polar surface area (TPSA) is 188 Å². The van der Waals surface area contributed by atoms with Crippen molar-refractivity contribution in [2.75, 3.05) is 18.6 Å². The first-order valence-corrected chi connectivity index (χ1v) is 9.54. The maximum Gasteiger partial charge on any atom is 0.325 e. The van der Waals surface area contributed by atoms with Crippen LogP contribution in [-0.2, 0) is 24.0 Å². The molecule has 0 aliphatic carbocycles. The second-order valence-corrected chi connectivity index (χ2v) is 6.71. The Bertz CT molecular complexity index is 558. The van der Waals surface area contributed by atoms with Gasteiger partial charge in [-0.1, -0.05) is 0 Å². The zero-order chi connectivity index (χ0) is 21.0. The maximum absolute atomic E-state index is 12.1. The van der Waals surface area contributed by atoms with E-state index in [0.29, 0.717) is 5.75 Å². The minimum absolute atomic E-state index is 0.0748. The zero-order valence-electron chi connectivity index (χ0n) is 15.2. The number of carboxylic acids is 2. The van der Waals surface area contributed by atoms with E-state index in [1.54, 1.807) is 0 Å². The van der Waals surface area contributed by atoms with E-state index in [1.165, 1.54) is 18.7 Å². The molecule has 0 aromatic heterocycles. The molecule has 3 atom stereocenters. The Morgan fingerprint density at radius 1 is 1.04 bits per heavy atom. The standard InChI is InChI=1S/C15H26N4O7S/c1-8(15(25)26)18-14(24)10(5-6-27-2)19-11(20)7-17-13(23)9(16)3-4-12(21)22/h8-10H,3-7,16H2,1-2H3,(H,17,23)(H,18,24)(H,19,20)(H,21,22)(H,25,26). The van der Waals surface area contributed by atoms with Gasteiger partial charge in [-0.3, -0.25) is 24.0 Å². The smallest absolute Gasteiger partial charge is 0.325 e. The Balaban J connectivity index is 4.58. The Morgan fingerprint density at radius 3 is 2.19 bits per heavy atom. The van der Waals surface area contributed by atoms with Gasteiger partial charge in [-0.05, 0) is 31.8 Å². The van der Waals surface area contributed by atoms with E-state index in [0.717, 1.165) is 0 Å². The number of hydrogen-bond donors (Lipinski definition) is 6. The minimum Gasteiger partial charge on any atom is -0.481 e. The summed E-state index contributed by atoms with van der Waals surface area (Å²) in [7, 11) is 0. The predicted octanol–water partition coefficient (Wildman–Crippen LogP) is -1.88. The lowest BCUT2D eigenvalue weighted by molar-refractivity contribution is -0.141. The first kappa shape index (κ1) is 24.7. The largest absolute Gasteiger partial charge is 0.481 e. The molecule has 0 fully saturated rings. The summed E-state index contributed by atoms with van der Waals surface area (Å²) in [6.07, 6.45) is 1.74. The second-order valence-electron chi connectivity index (χ2n) is 5.73. The van der Waals surface area contributed by atoms with Crippen LogP contribution in [0.2, 0.25) is 0 Å².